The summed E-state index contributed by atoms with van der Waals surface area (Å²) in [7, 11) is 0. The van der Waals surface area contributed by atoms with Crippen LogP contribution in [0.2, 0.25) is 0 Å². The number of rotatable bonds is 6. The molecule has 2 N–H and O–H groups in total. The highest BCUT2D eigenvalue weighted by Crippen LogP contribution is 2.26. The lowest BCUT2D eigenvalue weighted by molar-refractivity contribution is 0.0975. The summed E-state index contributed by atoms with van der Waals surface area (Å²) in [5, 5.41) is 11.9. The van der Waals surface area contributed by atoms with Gasteiger partial charge in [-0.25, -0.2) is 0 Å². The fraction of sp³-hybridized carbons (Fsp3) is 0.846. The maximum Gasteiger partial charge on any atom is 0.270 e. The third kappa shape index (κ3) is 5.39. The first kappa shape index (κ1) is 4.77. The minimum Gasteiger partial charge on any atom is -0.472 e. The van der Waals surface area contributed by atoms with Crippen LogP contribution >= 0.6 is 11.7 Å². The van der Waals surface area contributed by atoms with E-state index in [1.807, 2.05) is 0 Å². The average molecular weight is 335 g/mol. The maximum absolute atomic E-state index is 10.7. The molecule has 21 heavy (non-hydrogen) atoms. The summed E-state index contributed by atoms with van der Waals surface area (Å²) in [5.74, 6) is -1.38. The van der Waals surface area contributed by atoms with Crippen molar-refractivity contribution in [3.63, 3.8) is 0 Å². The molecule has 8 heteroatoms. The fourth-order valence-corrected chi connectivity index (χ4v) is 1.69. The Balaban J connectivity index is 2.52. The van der Waals surface area contributed by atoms with Crippen molar-refractivity contribution in [3.05, 3.63) is 0 Å². The van der Waals surface area contributed by atoms with Gasteiger partial charge in [0.1, 0.15) is 12.6 Å². The van der Waals surface area contributed by atoms with E-state index < -0.39 is 83.1 Å². The van der Waals surface area contributed by atoms with E-state index in [2.05, 4.69) is 13.5 Å². The van der Waals surface area contributed by atoms with E-state index in [0.29, 0.717) is 11.7 Å². The van der Waals surface area contributed by atoms with E-state index >= 15 is 0 Å². The van der Waals surface area contributed by atoms with Crippen LogP contribution in [-0.4, -0.2) is 64.7 Å². The minimum absolute atomic E-state index is 0.345. The highest BCUT2D eigenvalue weighted by molar-refractivity contribution is 6.99. The lowest BCUT2D eigenvalue weighted by Gasteiger charge is -2.27. The third-order valence-corrected chi connectivity index (χ3v) is 2.51. The van der Waals surface area contributed by atoms with Gasteiger partial charge in [0.15, 0.2) is 0 Å². The molecule has 1 saturated heterocycles. The molecule has 0 aliphatic carbocycles. The Kier molecular flexibility index (Phi) is 1.67. The molecular formula is C13H24N4O3S. The van der Waals surface area contributed by atoms with Gasteiger partial charge in [-0.05, 0) is 20.6 Å². The summed E-state index contributed by atoms with van der Waals surface area (Å²) in [6.07, 6.45) is -4.29. The number of hydrogen-bond donors (Lipinski definition) is 2. The standard InChI is InChI=1S/C13H24N4O3S/c1-13(2,3)14-8-10(18)9-20-12-11(15-21-16-12)17-4-6-19-7-5-17/h10,14,18H,4-9H2,1-3H3/t10-/m1/s1/i1D3,2D3,3D3,6D2,7D2,8D2,9D2,10D. The number of nitrogens with one attached hydrogen (secondary N) is 1. The maximum atomic E-state index is 10.7. The second kappa shape index (κ2) is 7.35. The molecule has 120 valence electrons. The summed E-state index contributed by atoms with van der Waals surface area (Å²) in [6.45, 7) is -26.6. The van der Waals surface area contributed by atoms with Gasteiger partial charge in [0.05, 0.1) is 34.4 Å². The van der Waals surface area contributed by atoms with Gasteiger partial charge in [-0.2, -0.15) is 4.37 Å². The van der Waals surface area contributed by atoms with Gasteiger partial charge in [0, 0.05) is 40.2 Å². The van der Waals surface area contributed by atoms with Crippen molar-refractivity contribution >= 4 is 17.5 Å². The summed E-state index contributed by atoms with van der Waals surface area (Å²) >= 11 is 0.345. The van der Waals surface area contributed by atoms with Crippen LogP contribution in [0, 0.1) is 0 Å². The Morgan fingerprint density at radius 1 is 1.62 bits per heavy atom. The van der Waals surface area contributed by atoms with E-state index in [9.17, 15) is 5.11 Å². The van der Waals surface area contributed by atoms with E-state index in [1.54, 1.807) is 0 Å². The molecule has 0 saturated carbocycles. The predicted molar refractivity (Wildman–Crippen MR) is 82.2 cm³/mol. The molecule has 0 spiro atoms. The number of hydrogen-bond acceptors (Lipinski definition) is 8. The van der Waals surface area contributed by atoms with Gasteiger partial charge in [-0.3, -0.25) is 0 Å². The summed E-state index contributed by atoms with van der Waals surface area (Å²) < 4.78 is 156. The zero-order valence-corrected chi connectivity index (χ0v) is 11.2. The quantitative estimate of drug-likeness (QED) is 0.784. The molecule has 0 bridgehead atoms. The number of β-amino-alcohol motifs (C(OH)–C–C–N with tert-alkyl or cyclic N) is 1. The largest absolute Gasteiger partial charge is 0.472 e. The monoisotopic (exact) mass is 334 g/mol. The molecule has 1 aliphatic rings. The van der Waals surface area contributed by atoms with E-state index in [0.717, 1.165) is 4.90 Å². The zero-order valence-electron chi connectivity index (χ0n) is 28.4. The van der Waals surface area contributed by atoms with Crippen molar-refractivity contribution < 1.29 is 39.3 Å². The first-order chi connectivity index (χ1) is 16.9. The summed E-state index contributed by atoms with van der Waals surface area (Å²) in [6, 6.07) is 0. The van der Waals surface area contributed by atoms with E-state index in [-0.39, 0.29) is 0 Å². The van der Waals surface area contributed by atoms with Gasteiger partial charge in [-0.15, -0.1) is 4.37 Å². The normalized spacial score (nSPS) is 40.0. The highest BCUT2D eigenvalue weighted by atomic mass is 32.1. The molecule has 2 heterocycles. The van der Waals surface area contributed by atoms with E-state index in [1.165, 1.54) is 5.32 Å². The molecule has 0 radical (unpaired) electrons. The van der Waals surface area contributed by atoms with Crippen LogP contribution in [0.3, 0.4) is 0 Å². The van der Waals surface area contributed by atoms with Gasteiger partial charge >= 0.3 is 0 Å². The second-order valence-electron chi connectivity index (χ2n) is 3.69. The smallest absolute Gasteiger partial charge is 0.270 e. The third-order valence-electron chi connectivity index (χ3n) is 2.01. The molecule has 1 aliphatic heterocycles. The van der Waals surface area contributed by atoms with Crippen LogP contribution in [0.4, 0.5) is 5.82 Å². The predicted octanol–water partition coefficient (Wildman–Crippen LogP) is 0.503. The van der Waals surface area contributed by atoms with Crippen LogP contribution in [0.25, 0.3) is 0 Å². The van der Waals surface area contributed by atoms with Crippen LogP contribution in [0.15, 0.2) is 0 Å². The summed E-state index contributed by atoms with van der Waals surface area (Å²) in [5.41, 5.74) is -4.10. The van der Waals surface area contributed by atoms with Gasteiger partial charge in [0.2, 0.25) is 5.82 Å². The Hall–Kier alpha value is -0.960. The second-order valence-corrected chi connectivity index (χ2v) is 4.22. The molecule has 1 aromatic heterocycles. The van der Waals surface area contributed by atoms with Crippen molar-refractivity contribution in [2.24, 2.45) is 0 Å². The highest BCUT2D eigenvalue weighted by Gasteiger charge is 2.21. The van der Waals surface area contributed by atoms with E-state index in [4.69, 9.17) is 29.4 Å². The number of morpholine rings is 1. The molecule has 0 amide bonds. The molecule has 1 aromatic rings. The van der Waals surface area contributed by atoms with Crippen molar-refractivity contribution in [1.29, 1.82) is 0 Å². The van der Waals surface area contributed by atoms with Crippen molar-refractivity contribution in [3.8, 4) is 5.88 Å². The van der Waals surface area contributed by atoms with Crippen LogP contribution in [0.1, 0.15) is 45.2 Å². The molecular weight excluding hydrogens is 292 g/mol. The Labute approximate surface area is 154 Å². The van der Waals surface area contributed by atoms with Crippen molar-refractivity contribution in [2.75, 3.05) is 44.2 Å². The van der Waals surface area contributed by atoms with Crippen LogP contribution in [0.5, 0.6) is 5.88 Å². The Morgan fingerprint density at radius 3 is 3.10 bits per heavy atom. The van der Waals surface area contributed by atoms with Crippen molar-refractivity contribution in [2.45, 2.75) is 32.2 Å². The number of anilines is 1. The van der Waals surface area contributed by atoms with Gasteiger partial charge in [-0.1, -0.05) is 0 Å². The zero-order chi connectivity index (χ0) is 30.9. The Bertz CT molecular complexity index is 983. The molecule has 2 rings (SSSR count). The molecule has 1 fully saturated rings. The topological polar surface area (TPSA) is 79.7 Å². The van der Waals surface area contributed by atoms with Gasteiger partial charge in [0.25, 0.3) is 5.88 Å². The van der Waals surface area contributed by atoms with Crippen LogP contribution in [-0.2, 0) is 4.74 Å². The average Bonchev–Trinajstić information content (AvgIpc) is 3.07. The SMILES string of the molecule is [2H]C1([2H])CN(c2nsnc2OC([2H])([2H])[C@]([2H])(O)C([2H])([2H])NC(C([2H])([2H])[2H])(C([2H])([2H])[2H])C([2H])([2H])[2H])CC([2H])([2H])O1. The molecule has 1 atom stereocenters. The first-order valence-corrected chi connectivity index (χ1v) is 6.15. The lowest BCUT2D eigenvalue weighted by atomic mass is 10.1. The molecule has 0 unspecified atom stereocenters. The number of aromatic nitrogens is 2. The summed E-state index contributed by atoms with van der Waals surface area (Å²) in [4.78, 5) is 0.900. The minimum atomic E-state index is -4.29. The fourth-order valence-electron chi connectivity index (χ4n) is 1.19. The van der Waals surface area contributed by atoms with Gasteiger partial charge < -0.3 is 24.8 Å². The number of nitrogens with zero attached hydrogens (tertiary/aromatic N) is 3. The first-order valence-electron chi connectivity index (χ1n) is 14.4. The number of ether oxygens (including phenoxy) is 2. The molecule has 7 nitrogen and oxygen atoms in total. The van der Waals surface area contributed by atoms with Crippen molar-refractivity contribution in [1.82, 2.24) is 14.1 Å². The molecule has 0 aromatic carbocycles. The number of aliphatic hydroxyl groups is 1. The Morgan fingerprint density at radius 2 is 2.38 bits per heavy atom. The lowest BCUT2D eigenvalue weighted by Crippen LogP contribution is -2.42. The van der Waals surface area contributed by atoms with Crippen LogP contribution < -0.4 is 15.0 Å².